The summed E-state index contributed by atoms with van der Waals surface area (Å²) in [4.78, 5) is 25.5. The zero-order valence-corrected chi connectivity index (χ0v) is 43.4. The molecule has 0 unspecified atom stereocenters. The molecule has 3 aromatic heterocycles. The molecule has 3 heterocycles. The molecule has 0 saturated heterocycles. The smallest absolute Gasteiger partial charge is 0.348 e. The first kappa shape index (κ1) is 50.8. The van der Waals surface area contributed by atoms with E-state index in [4.69, 9.17) is 14.2 Å². The fraction of sp³-hybridized carbons (Fsp3) is 0.194. The Morgan fingerprint density at radius 3 is 1.76 bits per heavy atom. The Balaban J connectivity index is 0.000000187. The number of benzene rings is 7. The van der Waals surface area contributed by atoms with Gasteiger partial charge in [0.15, 0.2) is 5.82 Å². The number of hydrogen-bond donors (Lipinski definition) is 3. The third kappa shape index (κ3) is 12.2. The normalized spacial score (nSPS) is 11.3. The van der Waals surface area contributed by atoms with Crippen molar-refractivity contribution in [2.45, 2.75) is 66.3 Å². The van der Waals surface area contributed by atoms with Crippen molar-refractivity contribution in [3.8, 4) is 34.3 Å². The molecule has 10 aromatic rings. The minimum Gasteiger partial charge on any atom is -0.488 e. The minimum atomic E-state index is -0.435. The monoisotopic (exact) mass is 998 g/mol. The number of nitrogens with one attached hydrogen (secondary N) is 3. The number of carbonyl (C=O) groups excluding carboxylic acids is 1. The van der Waals surface area contributed by atoms with Gasteiger partial charge in [-0.2, -0.15) is 10.2 Å². The summed E-state index contributed by atoms with van der Waals surface area (Å²) in [6.07, 6.45) is 5.60. The number of fused-ring (bicyclic) bond motifs is 2. The molecule has 0 aliphatic carbocycles. The second-order valence-electron chi connectivity index (χ2n) is 19.1. The van der Waals surface area contributed by atoms with Crippen LogP contribution in [0.25, 0.3) is 38.9 Å². The van der Waals surface area contributed by atoms with Crippen LogP contribution in [0.4, 0.5) is 10.5 Å². The average molecular weight is 999 g/mol. The zero-order valence-electron chi connectivity index (χ0n) is 43.4. The van der Waals surface area contributed by atoms with Crippen molar-refractivity contribution in [2.75, 3.05) is 5.32 Å². The fourth-order valence-electron chi connectivity index (χ4n) is 9.02. The number of rotatable bonds is 16. The molecule has 0 fully saturated rings. The summed E-state index contributed by atoms with van der Waals surface area (Å²) in [5, 5.41) is 16.3. The van der Waals surface area contributed by atoms with E-state index in [-0.39, 0.29) is 11.6 Å². The Hall–Kier alpha value is -9.10. The molecule has 0 bridgehead atoms. The average Bonchev–Trinajstić information content (AvgIpc) is 4.12. The lowest BCUT2D eigenvalue weighted by molar-refractivity contribution is 0.252. The maximum Gasteiger partial charge on any atom is 0.348 e. The number of carbonyl (C=O) groups is 1. The molecular formula is C62H62N8O5. The molecule has 0 aliphatic heterocycles. The summed E-state index contributed by atoms with van der Waals surface area (Å²) in [7, 11) is 3.99. The van der Waals surface area contributed by atoms with Gasteiger partial charge in [-0.25, -0.2) is 24.7 Å². The summed E-state index contributed by atoms with van der Waals surface area (Å²) >= 11 is 0. The van der Waals surface area contributed by atoms with Crippen molar-refractivity contribution >= 4 is 39.7 Å². The summed E-state index contributed by atoms with van der Waals surface area (Å²) < 4.78 is 24.5. The highest BCUT2D eigenvalue weighted by Crippen LogP contribution is 2.37. The van der Waals surface area contributed by atoms with Gasteiger partial charge in [0.25, 0.3) is 0 Å². The molecule has 10 rings (SSSR count). The van der Waals surface area contributed by atoms with Gasteiger partial charge in [0, 0.05) is 65.6 Å². The number of ether oxygens (including phenoxy) is 3. The van der Waals surface area contributed by atoms with Gasteiger partial charge in [-0.15, -0.1) is 0 Å². The number of urea groups is 1. The van der Waals surface area contributed by atoms with Crippen molar-refractivity contribution in [3.05, 3.63) is 226 Å². The Morgan fingerprint density at radius 1 is 0.627 bits per heavy atom. The van der Waals surface area contributed by atoms with Gasteiger partial charge in [0.05, 0.1) is 17.5 Å². The summed E-state index contributed by atoms with van der Waals surface area (Å²) in [6.45, 7) is 11.9. The van der Waals surface area contributed by atoms with Crippen LogP contribution in [0.3, 0.4) is 0 Å². The molecule has 3 N–H and O–H groups in total. The standard InChI is InChI=1S/C34H34N4O3.C28H28N4O2/c1-24(2)30-19-28(21-35-37-34(39)36-29-14-15-31-27(18-29)16-17-38(31)3)32(40-22-25-10-6-4-7-11-25)20-33(30)41-23-26-12-8-5-9-13-26;1-18(2)23-16-24(26(14-19(23)3)34-17-20-8-6-5-7-9-20)27-29-30-28(33)32(27)22-10-11-25-21(15-22)12-13-31(25)4/h4-21,24H,22-23H2,1-3H3,(H2,36,37,39);5-16,18H,17H2,1-4H3,(H,30,33)/b35-21+;. The van der Waals surface area contributed by atoms with Crippen LogP contribution in [-0.4, -0.2) is 36.1 Å². The van der Waals surface area contributed by atoms with Gasteiger partial charge in [-0.3, -0.25) is 0 Å². The molecule has 7 aromatic carbocycles. The van der Waals surface area contributed by atoms with Gasteiger partial charge in [0.2, 0.25) is 0 Å². The third-order valence-electron chi connectivity index (χ3n) is 13.0. The lowest BCUT2D eigenvalue weighted by Crippen LogP contribution is -2.24. The SMILES string of the molecule is CC(C)c1cc(/C=N/NC(=O)Nc2ccc3c(ccn3C)c2)c(OCc2ccccc2)cc1OCc1ccccc1.Cc1cc(OCc2ccccc2)c(-c2n[nH]c(=O)n2-c2ccc3c(ccn3C)c2)cc1C(C)C. The molecule has 380 valence electrons. The Kier molecular flexibility index (Phi) is 15.7. The van der Waals surface area contributed by atoms with Gasteiger partial charge in [-0.1, -0.05) is 119 Å². The molecule has 0 aliphatic rings. The highest BCUT2D eigenvalue weighted by Gasteiger charge is 2.21. The lowest BCUT2D eigenvalue weighted by Gasteiger charge is -2.18. The topological polar surface area (TPSA) is 142 Å². The van der Waals surface area contributed by atoms with Gasteiger partial charge >= 0.3 is 11.7 Å². The molecule has 13 heteroatoms. The number of hydrazone groups is 1. The molecule has 0 saturated carbocycles. The number of H-pyrrole nitrogens is 1. The molecule has 0 atom stereocenters. The van der Waals surface area contributed by atoms with E-state index in [1.165, 1.54) is 5.56 Å². The molecule has 0 radical (unpaired) electrons. The van der Waals surface area contributed by atoms with Gasteiger partial charge < -0.3 is 28.7 Å². The molecule has 75 heavy (non-hydrogen) atoms. The predicted molar refractivity (Wildman–Crippen MR) is 300 cm³/mol. The summed E-state index contributed by atoms with van der Waals surface area (Å²) in [5.74, 6) is 3.12. The van der Waals surface area contributed by atoms with E-state index in [0.717, 1.165) is 72.2 Å². The van der Waals surface area contributed by atoms with E-state index in [1.807, 2.05) is 183 Å². The van der Waals surface area contributed by atoms with Crippen LogP contribution >= 0.6 is 0 Å². The number of amides is 2. The second kappa shape index (κ2) is 23.2. The number of aromatic nitrogens is 5. The number of aryl methyl sites for hydroxylation is 3. The summed E-state index contributed by atoms with van der Waals surface area (Å²) in [6, 6.07) is 53.5. The Labute approximate surface area is 437 Å². The highest BCUT2D eigenvalue weighted by atomic mass is 16.5. The number of nitrogens with zero attached hydrogens (tertiary/aromatic N) is 5. The van der Waals surface area contributed by atoms with Crippen LogP contribution in [0.15, 0.2) is 186 Å². The molecule has 0 spiro atoms. The lowest BCUT2D eigenvalue weighted by atomic mass is 9.95. The quantitative estimate of drug-likeness (QED) is 0.0650. The maximum atomic E-state index is 12.9. The predicted octanol–water partition coefficient (Wildman–Crippen LogP) is 13.3. The Morgan fingerprint density at radius 2 is 1.17 bits per heavy atom. The fourth-order valence-corrected chi connectivity index (χ4v) is 9.02. The number of aromatic amines is 1. The summed E-state index contributed by atoms with van der Waals surface area (Å²) in [5.41, 5.74) is 14.0. The molecule has 2 amide bonds. The van der Waals surface area contributed by atoms with Crippen LogP contribution < -0.4 is 30.6 Å². The van der Waals surface area contributed by atoms with Crippen molar-refractivity contribution in [1.29, 1.82) is 0 Å². The van der Waals surface area contributed by atoms with Crippen molar-refractivity contribution in [3.63, 3.8) is 0 Å². The second-order valence-corrected chi connectivity index (χ2v) is 19.1. The third-order valence-corrected chi connectivity index (χ3v) is 13.0. The van der Waals surface area contributed by atoms with Gasteiger partial charge in [-0.05, 0) is 119 Å². The first-order valence-electron chi connectivity index (χ1n) is 25.1. The Bertz CT molecular complexity index is 3650. The first-order chi connectivity index (χ1) is 36.4. The van der Waals surface area contributed by atoms with Crippen LogP contribution in [0, 0.1) is 6.92 Å². The van der Waals surface area contributed by atoms with Crippen molar-refractivity contribution < 1.29 is 19.0 Å². The number of anilines is 1. The van der Waals surface area contributed by atoms with E-state index < -0.39 is 6.03 Å². The van der Waals surface area contributed by atoms with Gasteiger partial charge in [0.1, 0.15) is 37.1 Å². The van der Waals surface area contributed by atoms with Crippen LogP contribution in [0.1, 0.15) is 78.5 Å². The number of hydrogen-bond acceptors (Lipinski definition) is 7. The van der Waals surface area contributed by atoms with E-state index in [9.17, 15) is 9.59 Å². The highest BCUT2D eigenvalue weighted by molar-refractivity contribution is 5.94. The first-order valence-corrected chi connectivity index (χ1v) is 25.1. The van der Waals surface area contributed by atoms with E-state index in [1.54, 1.807) is 10.8 Å². The van der Waals surface area contributed by atoms with Crippen LogP contribution in [0.5, 0.6) is 17.2 Å². The van der Waals surface area contributed by atoms with E-state index in [2.05, 4.69) is 77.4 Å². The largest absolute Gasteiger partial charge is 0.488 e. The van der Waals surface area contributed by atoms with E-state index >= 15 is 0 Å². The van der Waals surface area contributed by atoms with Crippen molar-refractivity contribution in [2.24, 2.45) is 19.2 Å². The van der Waals surface area contributed by atoms with Crippen LogP contribution in [0.2, 0.25) is 0 Å². The zero-order chi connectivity index (χ0) is 52.4. The minimum absolute atomic E-state index is 0.195. The van der Waals surface area contributed by atoms with E-state index in [0.29, 0.717) is 48.7 Å². The van der Waals surface area contributed by atoms with Crippen molar-refractivity contribution in [1.82, 2.24) is 29.3 Å². The van der Waals surface area contributed by atoms with Crippen LogP contribution in [-0.2, 0) is 33.9 Å². The molecule has 13 nitrogen and oxygen atoms in total. The maximum absolute atomic E-state index is 12.9. The molecular weight excluding hydrogens is 937 g/mol.